The summed E-state index contributed by atoms with van der Waals surface area (Å²) in [6, 6.07) is 4.21. The Morgan fingerprint density at radius 2 is 2.00 bits per heavy atom. The molecule has 1 aromatic heterocycles. The Morgan fingerprint density at radius 1 is 1.24 bits per heavy atom. The maximum absolute atomic E-state index is 4.33. The van der Waals surface area contributed by atoms with Gasteiger partial charge >= 0.3 is 0 Å². The molecule has 0 atom stereocenters. The highest BCUT2D eigenvalue weighted by atomic mass is 14.6. The summed E-state index contributed by atoms with van der Waals surface area (Å²) in [5.74, 6) is 7.79. The van der Waals surface area contributed by atoms with Crippen molar-refractivity contribution in [3.05, 3.63) is 29.6 Å². The van der Waals surface area contributed by atoms with Crippen LogP contribution in [0.2, 0.25) is 0 Å². The fourth-order valence-corrected chi connectivity index (χ4v) is 2.30. The van der Waals surface area contributed by atoms with Crippen LogP contribution in [-0.4, -0.2) is 4.98 Å². The minimum atomic E-state index is 0.549. The fraction of sp³-hybridized carbons (Fsp3) is 0.562. The molecule has 0 amide bonds. The summed E-state index contributed by atoms with van der Waals surface area (Å²) >= 11 is 0. The summed E-state index contributed by atoms with van der Waals surface area (Å²) in [4.78, 5) is 4.33. The van der Waals surface area contributed by atoms with Crippen LogP contribution < -0.4 is 0 Å². The van der Waals surface area contributed by atoms with E-state index in [-0.39, 0.29) is 0 Å². The third-order valence-electron chi connectivity index (χ3n) is 3.46. The number of nitrogens with zero attached hydrogens (tertiary/aromatic N) is 1. The first-order chi connectivity index (χ1) is 8.25. The second kappa shape index (κ2) is 5.87. The van der Waals surface area contributed by atoms with Crippen molar-refractivity contribution in [3.63, 3.8) is 0 Å². The molecular formula is C16H21N. The molecule has 1 aromatic rings. The Bertz CT molecular complexity index is 417. The van der Waals surface area contributed by atoms with Crippen molar-refractivity contribution in [2.24, 2.45) is 5.92 Å². The monoisotopic (exact) mass is 227 g/mol. The van der Waals surface area contributed by atoms with E-state index < -0.39 is 0 Å². The summed E-state index contributed by atoms with van der Waals surface area (Å²) in [6.07, 6.45) is 8.50. The zero-order chi connectivity index (χ0) is 12.1. The molecule has 0 spiro atoms. The number of hydrogen-bond acceptors (Lipinski definition) is 1. The van der Waals surface area contributed by atoms with Gasteiger partial charge in [0.1, 0.15) is 5.69 Å². The number of aromatic nitrogens is 1. The molecule has 1 nitrogen and oxygen atoms in total. The standard InChI is InChI=1S/C16H21N/c1-13(2)15-10-11-17-16(12-15)9-8-14-6-4-3-5-7-14/h10-14H,3-7H2,1-2H3. The molecule has 1 saturated carbocycles. The van der Waals surface area contributed by atoms with Gasteiger partial charge in [-0.1, -0.05) is 39.0 Å². The second-order valence-corrected chi connectivity index (χ2v) is 5.23. The third kappa shape index (κ3) is 3.60. The molecule has 0 N–H and O–H groups in total. The van der Waals surface area contributed by atoms with E-state index in [1.54, 1.807) is 0 Å². The lowest BCUT2D eigenvalue weighted by molar-refractivity contribution is 0.430. The van der Waals surface area contributed by atoms with Crippen LogP contribution in [0.4, 0.5) is 0 Å². The van der Waals surface area contributed by atoms with Gasteiger partial charge in [0, 0.05) is 12.1 Å². The van der Waals surface area contributed by atoms with Crippen LogP contribution >= 0.6 is 0 Å². The van der Waals surface area contributed by atoms with Gasteiger partial charge in [-0.2, -0.15) is 0 Å². The van der Waals surface area contributed by atoms with Gasteiger partial charge in [-0.15, -0.1) is 0 Å². The maximum Gasteiger partial charge on any atom is 0.113 e. The zero-order valence-corrected chi connectivity index (χ0v) is 10.9. The van der Waals surface area contributed by atoms with Crippen molar-refractivity contribution in [1.82, 2.24) is 4.98 Å². The highest BCUT2D eigenvalue weighted by Crippen LogP contribution is 2.22. The van der Waals surface area contributed by atoms with Crippen molar-refractivity contribution >= 4 is 0 Å². The molecule has 0 unspecified atom stereocenters. The molecule has 1 aliphatic rings. The predicted molar refractivity (Wildman–Crippen MR) is 71.8 cm³/mol. The van der Waals surface area contributed by atoms with E-state index in [0.29, 0.717) is 11.8 Å². The lowest BCUT2D eigenvalue weighted by Crippen LogP contribution is -2.03. The molecular weight excluding hydrogens is 206 g/mol. The molecule has 0 radical (unpaired) electrons. The molecule has 2 rings (SSSR count). The lowest BCUT2D eigenvalue weighted by atomic mass is 9.90. The molecule has 1 heteroatoms. The minimum Gasteiger partial charge on any atom is -0.248 e. The average molecular weight is 227 g/mol. The van der Waals surface area contributed by atoms with E-state index in [2.05, 4.69) is 42.8 Å². The van der Waals surface area contributed by atoms with Crippen LogP contribution in [0.1, 0.15) is 63.1 Å². The van der Waals surface area contributed by atoms with Gasteiger partial charge in [0.15, 0.2) is 0 Å². The van der Waals surface area contributed by atoms with Crippen molar-refractivity contribution in [2.45, 2.75) is 51.9 Å². The van der Waals surface area contributed by atoms with Crippen molar-refractivity contribution < 1.29 is 0 Å². The number of hydrogen-bond donors (Lipinski definition) is 0. The topological polar surface area (TPSA) is 12.9 Å². The van der Waals surface area contributed by atoms with E-state index in [1.807, 2.05) is 6.20 Å². The molecule has 1 heterocycles. The quantitative estimate of drug-likeness (QED) is 0.657. The van der Waals surface area contributed by atoms with Crippen molar-refractivity contribution in [2.75, 3.05) is 0 Å². The Labute approximate surface area is 105 Å². The van der Waals surface area contributed by atoms with Gasteiger partial charge in [-0.25, -0.2) is 4.98 Å². The molecule has 0 aliphatic heterocycles. The molecule has 1 aliphatic carbocycles. The van der Waals surface area contributed by atoms with Crippen LogP contribution in [0.5, 0.6) is 0 Å². The Kier molecular flexibility index (Phi) is 4.20. The Hall–Kier alpha value is -1.29. The van der Waals surface area contributed by atoms with Crippen LogP contribution in [0, 0.1) is 17.8 Å². The van der Waals surface area contributed by atoms with Crippen LogP contribution in [0.25, 0.3) is 0 Å². The predicted octanol–water partition coefficient (Wildman–Crippen LogP) is 4.14. The smallest absolute Gasteiger partial charge is 0.113 e. The van der Waals surface area contributed by atoms with E-state index in [4.69, 9.17) is 0 Å². The average Bonchev–Trinajstić information content (AvgIpc) is 2.38. The SMILES string of the molecule is CC(C)c1ccnc(C#CC2CCCCC2)c1. The second-order valence-electron chi connectivity index (χ2n) is 5.23. The number of rotatable bonds is 1. The van der Waals surface area contributed by atoms with E-state index >= 15 is 0 Å². The summed E-state index contributed by atoms with van der Waals surface area (Å²) < 4.78 is 0. The Balaban J connectivity index is 2.07. The van der Waals surface area contributed by atoms with Gasteiger partial charge < -0.3 is 0 Å². The van der Waals surface area contributed by atoms with Crippen molar-refractivity contribution in [3.8, 4) is 11.8 Å². The lowest BCUT2D eigenvalue weighted by Gasteiger charge is -2.15. The summed E-state index contributed by atoms with van der Waals surface area (Å²) in [5.41, 5.74) is 2.26. The van der Waals surface area contributed by atoms with E-state index in [1.165, 1.54) is 37.7 Å². The van der Waals surface area contributed by atoms with Gasteiger partial charge in [0.05, 0.1) is 0 Å². The largest absolute Gasteiger partial charge is 0.248 e. The molecule has 0 bridgehead atoms. The summed E-state index contributed by atoms with van der Waals surface area (Å²) in [6.45, 7) is 4.40. The molecule has 0 aromatic carbocycles. The number of pyridine rings is 1. The van der Waals surface area contributed by atoms with Gasteiger partial charge in [-0.3, -0.25) is 0 Å². The molecule has 0 saturated heterocycles. The minimum absolute atomic E-state index is 0.549. The van der Waals surface area contributed by atoms with Crippen LogP contribution in [-0.2, 0) is 0 Å². The summed E-state index contributed by atoms with van der Waals surface area (Å²) in [7, 11) is 0. The van der Waals surface area contributed by atoms with Crippen molar-refractivity contribution in [1.29, 1.82) is 0 Å². The molecule has 1 fully saturated rings. The molecule has 17 heavy (non-hydrogen) atoms. The zero-order valence-electron chi connectivity index (χ0n) is 10.9. The fourth-order valence-electron chi connectivity index (χ4n) is 2.30. The first-order valence-corrected chi connectivity index (χ1v) is 6.73. The normalized spacial score (nSPS) is 16.6. The van der Waals surface area contributed by atoms with Gasteiger partial charge in [-0.05, 0) is 42.4 Å². The first-order valence-electron chi connectivity index (χ1n) is 6.73. The molecule has 90 valence electrons. The van der Waals surface area contributed by atoms with Crippen LogP contribution in [0.15, 0.2) is 18.3 Å². The van der Waals surface area contributed by atoms with Gasteiger partial charge in [0.25, 0.3) is 0 Å². The van der Waals surface area contributed by atoms with Crippen LogP contribution in [0.3, 0.4) is 0 Å². The van der Waals surface area contributed by atoms with E-state index in [0.717, 1.165) is 5.69 Å². The first kappa shape index (κ1) is 12.2. The summed E-state index contributed by atoms with van der Waals surface area (Å²) in [5, 5.41) is 0. The Morgan fingerprint density at radius 3 is 2.71 bits per heavy atom. The maximum atomic E-state index is 4.33. The highest BCUT2D eigenvalue weighted by Gasteiger charge is 2.10. The highest BCUT2D eigenvalue weighted by molar-refractivity contribution is 5.32. The van der Waals surface area contributed by atoms with Gasteiger partial charge in [0.2, 0.25) is 0 Å². The van der Waals surface area contributed by atoms with E-state index in [9.17, 15) is 0 Å². The third-order valence-corrected chi connectivity index (χ3v) is 3.46.